The molecular weight excluding hydrogens is 384 g/mol. The molecule has 29 heavy (non-hydrogen) atoms. The summed E-state index contributed by atoms with van der Waals surface area (Å²) in [5.41, 5.74) is 3.00. The number of hydrogen-bond acceptors (Lipinski definition) is 5. The maximum atomic E-state index is 13.0. The van der Waals surface area contributed by atoms with Crippen molar-refractivity contribution in [1.29, 1.82) is 0 Å². The van der Waals surface area contributed by atoms with Gasteiger partial charge in [-0.15, -0.1) is 0 Å². The predicted molar refractivity (Wildman–Crippen MR) is 115 cm³/mol. The van der Waals surface area contributed by atoms with Gasteiger partial charge in [0, 0.05) is 29.6 Å². The number of nitrogens with zero attached hydrogens (tertiary/aromatic N) is 2. The van der Waals surface area contributed by atoms with E-state index in [2.05, 4.69) is 0 Å². The molecule has 0 unspecified atom stereocenters. The molecule has 0 aromatic heterocycles. The molecule has 1 aliphatic heterocycles. The molecule has 0 bridgehead atoms. The zero-order chi connectivity index (χ0) is 20.4. The molecule has 5 nitrogen and oxygen atoms in total. The molecule has 146 valence electrons. The third-order valence-corrected chi connectivity index (χ3v) is 5.76. The number of ether oxygens (including phenoxy) is 1. The van der Waals surface area contributed by atoms with Crippen molar-refractivity contribution in [3.05, 3.63) is 78.4 Å². The molecule has 4 rings (SSSR count). The largest absolute Gasteiger partial charge is 0.452 e. The molecule has 0 saturated heterocycles. The van der Waals surface area contributed by atoms with Gasteiger partial charge >= 0.3 is 5.97 Å². The maximum Gasteiger partial charge on any atom is 0.338 e. The summed E-state index contributed by atoms with van der Waals surface area (Å²) < 4.78 is 5.32. The summed E-state index contributed by atoms with van der Waals surface area (Å²) in [4.78, 5) is 31.0. The Bertz CT molecular complexity index is 1020. The van der Waals surface area contributed by atoms with E-state index in [1.54, 1.807) is 28.8 Å². The molecule has 0 atom stereocenters. The molecule has 6 heteroatoms. The zero-order valence-electron chi connectivity index (χ0n) is 16.2. The number of carbonyl (C=O) groups excluding carboxylic acids is 2. The van der Waals surface area contributed by atoms with Crippen molar-refractivity contribution in [2.24, 2.45) is 0 Å². The van der Waals surface area contributed by atoms with Gasteiger partial charge in [0.1, 0.15) is 0 Å². The highest BCUT2D eigenvalue weighted by Gasteiger charge is 2.28. The van der Waals surface area contributed by atoms with Gasteiger partial charge in [-0.3, -0.25) is 9.69 Å². The molecular formula is C23H20N2O3S. The van der Waals surface area contributed by atoms with Gasteiger partial charge in [0.05, 0.1) is 16.9 Å². The van der Waals surface area contributed by atoms with Crippen LogP contribution in [0.3, 0.4) is 0 Å². The molecule has 1 aliphatic rings. The summed E-state index contributed by atoms with van der Waals surface area (Å²) in [5.74, 6) is -0.805. The van der Waals surface area contributed by atoms with Crippen molar-refractivity contribution >= 4 is 40.7 Å². The SMILES string of the molecule is CN(C)c1ccc(C(=O)OCC(=O)N2c3ccccc3Sc3ccccc32)cc1. The summed E-state index contributed by atoms with van der Waals surface area (Å²) in [6, 6.07) is 22.5. The standard InChI is InChI=1S/C23H20N2O3S/c1-24(2)17-13-11-16(12-14-17)23(27)28-15-22(26)25-18-7-3-5-9-20(18)29-21-10-6-4-8-19(21)25/h3-14H,15H2,1-2H3. The average molecular weight is 404 g/mol. The lowest BCUT2D eigenvalue weighted by Crippen LogP contribution is -2.32. The lowest BCUT2D eigenvalue weighted by molar-refractivity contribution is -0.121. The van der Waals surface area contributed by atoms with Crippen molar-refractivity contribution in [2.75, 3.05) is 30.5 Å². The quantitative estimate of drug-likeness (QED) is 0.588. The summed E-state index contributed by atoms with van der Waals surface area (Å²) in [7, 11) is 3.86. The van der Waals surface area contributed by atoms with E-state index in [1.165, 1.54) is 0 Å². The molecule has 0 aliphatic carbocycles. The van der Waals surface area contributed by atoms with Crippen LogP contribution in [0.25, 0.3) is 0 Å². The van der Waals surface area contributed by atoms with Crippen LogP contribution in [0.5, 0.6) is 0 Å². The fraction of sp³-hybridized carbons (Fsp3) is 0.130. The summed E-state index contributed by atoms with van der Waals surface area (Å²) in [6.45, 7) is -0.332. The smallest absolute Gasteiger partial charge is 0.338 e. The minimum Gasteiger partial charge on any atom is -0.452 e. The van der Waals surface area contributed by atoms with Crippen LogP contribution in [-0.2, 0) is 9.53 Å². The monoisotopic (exact) mass is 404 g/mol. The summed E-state index contributed by atoms with van der Waals surface area (Å²) in [6.07, 6.45) is 0. The molecule has 0 spiro atoms. The normalized spacial score (nSPS) is 12.0. The third kappa shape index (κ3) is 3.84. The first-order valence-electron chi connectivity index (χ1n) is 9.18. The first-order chi connectivity index (χ1) is 14.0. The van der Waals surface area contributed by atoms with E-state index < -0.39 is 5.97 Å². The number of benzene rings is 3. The number of carbonyl (C=O) groups is 2. The first-order valence-corrected chi connectivity index (χ1v) is 9.99. The maximum absolute atomic E-state index is 13.0. The Labute approximate surface area is 173 Å². The Morgan fingerprint density at radius 1 is 0.862 bits per heavy atom. The van der Waals surface area contributed by atoms with Crippen LogP contribution in [0.1, 0.15) is 10.4 Å². The van der Waals surface area contributed by atoms with Crippen LogP contribution in [0.15, 0.2) is 82.6 Å². The van der Waals surface area contributed by atoms with Crippen LogP contribution in [0.2, 0.25) is 0 Å². The van der Waals surface area contributed by atoms with E-state index >= 15 is 0 Å². The Morgan fingerprint density at radius 2 is 1.41 bits per heavy atom. The predicted octanol–water partition coefficient (Wildman–Crippen LogP) is 4.74. The summed E-state index contributed by atoms with van der Waals surface area (Å²) in [5, 5.41) is 0. The molecule has 1 amide bonds. The fourth-order valence-corrected chi connectivity index (χ4v) is 4.20. The van der Waals surface area contributed by atoms with Gasteiger partial charge in [-0.05, 0) is 48.5 Å². The molecule has 1 heterocycles. The minimum absolute atomic E-state index is 0.288. The van der Waals surface area contributed by atoms with Crippen LogP contribution < -0.4 is 9.80 Å². The number of fused-ring (bicyclic) bond motifs is 2. The molecule has 0 fully saturated rings. The van der Waals surface area contributed by atoms with Gasteiger partial charge in [-0.25, -0.2) is 4.79 Å². The van der Waals surface area contributed by atoms with Crippen LogP contribution in [-0.4, -0.2) is 32.6 Å². The van der Waals surface area contributed by atoms with Gasteiger partial charge in [-0.1, -0.05) is 36.0 Å². The Hall–Kier alpha value is -3.25. The van der Waals surface area contributed by atoms with E-state index in [0.29, 0.717) is 5.56 Å². The van der Waals surface area contributed by atoms with Crippen molar-refractivity contribution in [2.45, 2.75) is 9.79 Å². The van der Waals surface area contributed by atoms with Gasteiger partial charge in [0.15, 0.2) is 6.61 Å². The number of amides is 1. The lowest BCUT2D eigenvalue weighted by Gasteiger charge is -2.30. The highest BCUT2D eigenvalue weighted by atomic mass is 32.2. The second-order valence-corrected chi connectivity index (χ2v) is 7.87. The minimum atomic E-state index is -0.517. The van der Waals surface area contributed by atoms with Gasteiger partial charge in [0.2, 0.25) is 0 Å². The molecule has 0 saturated carbocycles. The molecule has 0 radical (unpaired) electrons. The lowest BCUT2D eigenvalue weighted by atomic mass is 10.2. The zero-order valence-corrected chi connectivity index (χ0v) is 17.0. The van der Waals surface area contributed by atoms with Crippen LogP contribution in [0.4, 0.5) is 17.1 Å². The van der Waals surface area contributed by atoms with Crippen molar-refractivity contribution < 1.29 is 14.3 Å². The number of esters is 1. The number of anilines is 3. The first kappa shape index (κ1) is 19.1. The number of para-hydroxylation sites is 2. The van der Waals surface area contributed by atoms with Crippen molar-refractivity contribution in [3.63, 3.8) is 0 Å². The van der Waals surface area contributed by atoms with Crippen molar-refractivity contribution in [3.8, 4) is 0 Å². The highest BCUT2D eigenvalue weighted by Crippen LogP contribution is 2.47. The van der Waals surface area contributed by atoms with Gasteiger partial charge < -0.3 is 9.64 Å². The second kappa shape index (κ2) is 8.01. The Morgan fingerprint density at radius 3 is 1.97 bits per heavy atom. The van der Waals surface area contributed by atoms with E-state index in [1.807, 2.05) is 79.7 Å². The molecule has 0 N–H and O–H groups in total. The topological polar surface area (TPSA) is 49.9 Å². The molecule has 3 aromatic carbocycles. The van der Waals surface area contributed by atoms with Gasteiger partial charge in [0.25, 0.3) is 5.91 Å². The number of hydrogen-bond donors (Lipinski definition) is 0. The van der Waals surface area contributed by atoms with E-state index in [0.717, 1.165) is 26.9 Å². The second-order valence-electron chi connectivity index (χ2n) is 6.78. The Balaban J connectivity index is 1.52. The fourth-order valence-electron chi connectivity index (χ4n) is 3.14. The third-order valence-electron chi connectivity index (χ3n) is 4.63. The summed E-state index contributed by atoms with van der Waals surface area (Å²) >= 11 is 1.62. The molecule has 3 aromatic rings. The van der Waals surface area contributed by atoms with Crippen LogP contribution in [0, 0.1) is 0 Å². The van der Waals surface area contributed by atoms with E-state index in [9.17, 15) is 9.59 Å². The van der Waals surface area contributed by atoms with Crippen molar-refractivity contribution in [1.82, 2.24) is 0 Å². The highest BCUT2D eigenvalue weighted by molar-refractivity contribution is 7.99. The number of rotatable bonds is 4. The van der Waals surface area contributed by atoms with Gasteiger partial charge in [-0.2, -0.15) is 0 Å². The van der Waals surface area contributed by atoms with E-state index in [4.69, 9.17) is 4.74 Å². The van der Waals surface area contributed by atoms with Crippen LogP contribution >= 0.6 is 11.8 Å². The van der Waals surface area contributed by atoms with E-state index in [-0.39, 0.29) is 12.5 Å². The average Bonchev–Trinajstić information content (AvgIpc) is 2.75. The Kier molecular flexibility index (Phi) is 5.27.